The topological polar surface area (TPSA) is 15.3 Å². The Morgan fingerprint density at radius 3 is 2.65 bits per heavy atom. The zero-order chi connectivity index (χ0) is 12.5. The Bertz CT molecular complexity index is 390. The summed E-state index contributed by atoms with van der Waals surface area (Å²) in [7, 11) is 2.07. The van der Waals surface area contributed by atoms with Crippen LogP contribution < -0.4 is 10.2 Å². The number of para-hydroxylation sites is 1. The van der Waals surface area contributed by atoms with E-state index in [1.165, 1.54) is 16.6 Å². The molecule has 0 radical (unpaired) electrons. The molecule has 1 fully saturated rings. The lowest BCUT2D eigenvalue weighted by Crippen LogP contribution is -2.53. The van der Waals surface area contributed by atoms with Crippen LogP contribution >= 0.6 is 15.9 Å². The Morgan fingerprint density at radius 1 is 1.35 bits per heavy atom. The van der Waals surface area contributed by atoms with Gasteiger partial charge in [-0.2, -0.15) is 0 Å². The molecule has 1 saturated heterocycles. The van der Waals surface area contributed by atoms with Crippen molar-refractivity contribution < 1.29 is 0 Å². The first kappa shape index (κ1) is 12.9. The van der Waals surface area contributed by atoms with Gasteiger partial charge in [0.05, 0.1) is 5.69 Å². The van der Waals surface area contributed by atoms with E-state index in [-0.39, 0.29) is 0 Å². The highest BCUT2D eigenvalue weighted by molar-refractivity contribution is 9.10. The molecule has 2 nitrogen and oxygen atoms in total. The number of hydrogen-bond acceptors (Lipinski definition) is 2. The van der Waals surface area contributed by atoms with E-state index < -0.39 is 0 Å². The zero-order valence-electron chi connectivity index (χ0n) is 10.8. The van der Waals surface area contributed by atoms with Gasteiger partial charge in [0.2, 0.25) is 0 Å². The molecule has 1 aliphatic rings. The maximum absolute atomic E-state index is 3.64. The van der Waals surface area contributed by atoms with Gasteiger partial charge in [-0.25, -0.2) is 0 Å². The summed E-state index contributed by atoms with van der Waals surface area (Å²) in [5.41, 5.74) is 1.62. The molecule has 1 aromatic carbocycles. The average Bonchev–Trinajstić information content (AvgIpc) is 2.28. The molecule has 2 rings (SSSR count). The van der Waals surface area contributed by atoms with Crippen molar-refractivity contribution in [3.05, 3.63) is 28.7 Å². The lowest BCUT2D eigenvalue weighted by molar-refractivity contribution is 0.215. The fraction of sp³-hybridized carbons (Fsp3) is 0.571. The monoisotopic (exact) mass is 296 g/mol. The molecule has 17 heavy (non-hydrogen) atoms. The quantitative estimate of drug-likeness (QED) is 0.901. The molecule has 1 heterocycles. The molecule has 0 saturated carbocycles. The number of hydrogen-bond donors (Lipinski definition) is 1. The van der Waals surface area contributed by atoms with Crippen LogP contribution in [0.5, 0.6) is 0 Å². The average molecular weight is 297 g/mol. The van der Waals surface area contributed by atoms with Crippen molar-refractivity contribution in [3.8, 4) is 0 Å². The van der Waals surface area contributed by atoms with Crippen LogP contribution in [-0.2, 0) is 0 Å². The van der Waals surface area contributed by atoms with E-state index >= 15 is 0 Å². The van der Waals surface area contributed by atoms with Crippen LogP contribution in [-0.4, -0.2) is 26.2 Å². The Hall–Kier alpha value is -0.540. The predicted octanol–water partition coefficient (Wildman–Crippen LogP) is 3.27. The first-order chi connectivity index (χ1) is 8.04. The van der Waals surface area contributed by atoms with Gasteiger partial charge >= 0.3 is 0 Å². The summed E-state index contributed by atoms with van der Waals surface area (Å²) in [6.45, 7) is 6.91. The van der Waals surface area contributed by atoms with Crippen LogP contribution in [0, 0.1) is 5.41 Å². The number of piperidine rings is 1. The van der Waals surface area contributed by atoms with Crippen LogP contribution in [0.3, 0.4) is 0 Å². The molecular weight excluding hydrogens is 276 g/mol. The third-order valence-electron chi connectivity index (χ3n) is 3.77. The van der Waals surface area contributed by atoms with Crippen molar-refractivity contribution in [1.82, 2.24) is 5.32 Å². The first-order valence-electron chi connectivity index (χ1n) is 6.21. The summed E-state index contributed by atoms with van der Waals surface area (Å²) in [6, 6.07) is 9.10. The Labute approximate surface area is 113 Å². The molecule has 0 spiro atoms. The fourth-order valence-electron chi connectivity index (χ4n) is 2.81. The van der Waals surface area contributed by atoms with Crippen LogP contribution in [0.25, 0.3) is 0 Å². The molecule has 3 heteroatoms. The maximum atomic E-state index is 3.64. The maximum Gasteiger partial charge on any atom is 0.0510 e. The fourth-order valence-corrected chi connectivity index (χ4v) is 3.34. The number of anilines is 1. The second-order valence-corrected chi connectivity index (χ2v) is 6.35. The van der Waals surface area contributed by atoms with Gasteiger partial charge in [0.1, 0.15) is 0 Å². The minimum atomic E-state index is 0.308. The van der Waals surface area contributed by atoms with E-state index in [2.05, 4.69) is 71.3 Å². The highest BCUT2D eigenvalue weighted by Crippen LogP contribution is 2.34. The standard InChI is InChI=1S/C14H21BrN2/c1-14(2)10-17(9-8-13(14)16-3)12-7-5-4-6-11(12)15/h4-7,13,16H,8-10H2,1-3H3. The minimum absolute atomic E-state index is 0.308. The highest BCUT2D eigenvalue weighted by atomic mass is 79.9. The van der Waals surface area contributed by atoms with Gasteiger partial charge in [-0.1, -0.05) is 26.0 Å². The van der Waals surface area contributed by atoms with E-state index in [4.69, 9.17) is 0 Å². The van der Waals surface area contributed by atoms with Gasteiger partial charge in [0.15, 0.2) is 0 Å². The van der Waals surface area contributed by atoms with Gasteiger partial charge in [-0.05, 0) is 46.9 Å². The Kier molecular flexibility index (Phi) is 3.79. The van der Waals surface area contributed by atoms with E-state index in [1.54, 1.807) is 0 Å². The summed E-state index contributed by atoms with van der Waals surface area (Å²) in [5, 5.41) is 3.44. The van der Waals surface area contributed by atoms with Gasteiger partial charge in [-0.3, -0.25) is 0 Å². The van der Waals surface area contributed by atoms with Crippen molar-refractivity contribution in [3.63, 3.8) is 0 Å². The summed E-state index contributed by atoms with van der Waals surface area (Å²) >= 11 is 3.64. The number of nitrogens with one attached hydrogen (secondary N) is 1. The van der Waals surface area contributed by atoms with E-state index in [0.717, 1.165) is 13.1 Å². The Morgan fingerprint density at radius 2 is 2.06 bits per heavy atom. The van der Waals surface area contributed by atoms with Crippen LogP contribution in [0.15, 0.2) is 28.7 Å². The van der Waals surface area contributed by atoms with Gasteiger partial charge in [0.25, 0.3) is 0 Å². The third kappa shape index (κ3) is 2.66. The molecule has 1 N–H and O–H groups in total. The summed E-state index contributed by atoms with van der Waals surface area (Å²) in [6.07, 6.45) is 1.20. The van der Waals surface area contributed by atoms with Crippen LogP contribution in [0.1, 0.15) is 20.3 Å². The lowest BCUT2D eigenvalue weighted by atomic mass is 9.79. The summed E-state index contributed by atoms with van der Waals surface area (Å²) < 4.78 is 1.19. The predicted molar refractivity (Wildman–Crippen MR) is 77.6 cm³/mol. The van der Waals surface area contributed by atoms with Crippen molar-refractivity contribution in [2.24, 2.45) is 5.41 Å². The van der Waals surface area contributed by atoms with Crippen molar-refractivity contribution >= 4 is 21.6 Å². The van der Waals surface area contributed by atoms with Crippen LogP contribution in [0.4, 0.5) is 5.69 Å². The van der Waals surface area contributed by atoms with E-state index in [9.17, 15) is 0 Å². The second kappa shape index (κ2) is 4.99. The van der Waals surface area contributed by atoms with Gasteiger partial charge < -0.3 is 10.2 Å². The van der Waals surface area contributed by atoms with E-state index in [1.807, 2.05) is 0 Å². The summed E-state index contributed by atoms with van der Waals surface area (Å²) in [4.78, 5) is 2.48. The smallest absolute Gasteiger partial charge is 0.0510 e. The van der Waals surface area contributed by atoms with E-state index in [0.29, 0.717) is 11.5 Å². The number of rotatable bonds is 2. The van der Waals surface area contributed by atoms with Gasteiger partial charge in [-0.15, -0.1) is 0 Å². The lowest BCUT2D eigenvalue weighted by Gasteiger charge is -2.45. The number of halogens is 1. The van der Waals surface area contributed by atoms with Crippen molar-refractivity contribution in [2.45, 2.75) is 26.3 Å². The molecule has 1 aromatic rings. The largest absolute Gasteiger partial charge is 0.370 e. The number of benzene rings is 1. The Balaban J connectivity index is 2.18. The molecule has 0 aromatic heterocycles. The van der Waals surface area contributed by atoms with Crippen molar-refractivity contribution in [1.29, 1.82) is 0 Å². The highest BCUT2D eigenvalue weighted by Gasteiger charge is 2.35. The molecule has 0 bridgehead atoms. The molecule has 94 valence electrons. The molecule has 0 aliphatic carbocycles. The molecule has 1 aliphatic heterocycles. The third-order valence-corrected chi connectivity index (χ3v) is 4.44. The molecule has 0 amide bonds. The normalized spacial score (nSPS) is 23.8. The molecule has 1 unspecified atom stereocenters. The first-order valence-corrected chi connectivity index (χ1v) is 7.00. The zero-order valence-corrected chi connectivity index (χ0v) is 12.4. The second-order valence-electron chi connectivity index (χ2n) is 5.49. The number of nitrogens with zero attached hydrogens (tertiary/aromatic N) is 1. The van der Waals surface area contributed by atoms with Crippen LogP contribution in [0.2, 0.25) is 0 Å². The minimum Gasteiger partial charge on any atom is -0.370 e. The molecule has 1 atom stereocenters. The van der Waals surface area contributed by atoms with Crippen molar-refractivity contribution in [2.75, 3.05) is 25.0 Å². The van der Waals surface area contributed by atoms with Gasteiger partial charge in [0, 0.05) is 23.6 Å². The molecular formula is C14H21BrN2. The summed E-state index contributed by atoms with van der Waals surface area (Å²) in [5.74, 6) is 0. The SMILES string of the molecule is CNC1CCN(c2ccccc2Br)CC1(C)C.